The second-order valence-corrected chi connectivity index (χ2v) is 6.58. The van der Waals surface area contributed by atoms with Gasteiger partial charge >= 0.3 is 6.03 Å². The zero-order valence-electron chi connectivity index (χ0n) is 13.6. The van der Waals surface area contributed by atoms with E-state index in [1.807, 2.05) is 38.1 Å². The van der Waals surface area contributed by atoms with E-state index >= 15 is 0 Å². The number of nitrogens with zero attached hydrogens (tertiary/aromatic N) is 3. The first-order chi connectivity index (χ1) is 11.5. The fourth-order valence-electron chi connectivity index (χ4n) is 3.44. The first-order valence-electron chi connectivity index (χ1n) is 8.06. The Kier molecular flexibility index (Phi) is 3.19. The molecule has 1 fully saturated rings. The zero-order chi connectivity index (χ0) is 16.9. The maximum absolute atomic E-state index is 13.0. The summed E-state index contributed by atoms with van der Waals surface area (Å²) in [6.45, 7) is 3.90. The fourth-order valence-corrected chi connectivity index (χ4v) is 3.44. The molecule has 1 aromatic carbocycles. The van der Waals surface area contributed by atoms with Gasteiger partial charge in [0.2, 0.25) is 5.89 Å². The standard InChI is InChI=1S/C17H18N4O3/c1-10(2)14-18-13(24-20-14)9-21-15(22)17(19-16(21)23)8-7-11-5-3-4-6-12(11)17/h3-6,10H,7-9H2,1-2H3,(H,19,23)/t17-/m1/s1. The number of amides is 3. The molecule has 4 rings (SSSR count). The van der Waals surface area contributed by atoms with Crippen LogP contribution in [0.25, 0.3) is 0 Å². The van der Waals surface area contributed by atoms with Crippen LogP contribution in [0.4, 0.5) is 4.79 Å². The van der Waals surface area contributed by atoms with Crippen LogP contribution >= 0.6 is 0 Å². The molecule has 1 saturated heterocycles. The highest BCUT2D eigenvalue weighted by atomic mass is 16.5. The van der Waals surface area contributed by atoms with Gasteiger partial charge in [-0.05, 0) is 24.0 Å². The zero-order valence-corrected chi connectivity index (χ0v) is 13.6. The Labute approximate surface area is 139 Å². The molecule has 0 saturated carbocycles. The third kappa shape index (κ3) is 2.04. The molecule has 2 aromatic rings. The van der Waals surface area contributed by atoms with Crippen molar-refractivity contribution in [2.75, 3.05) is 0 Å². The number of rotatable bonds is 3. The van der Waals surface area contributed by atoms with Gasteiger partial charge in [-0.2, -0.15) is 4.98 Å². The molecule has 0 bridgehead atoms. The number of hydrogen-bond donors (Lipinski definition) is 1. The van der Waals surface area contributed by atoms with Gasteiger partial charge in [0.1, 0.15) is 12.1 Å². The van der Waals surface area contributed by atoms with Crippen LogP contribution in [0, 0.1) is 0 Å². The molecule has 1 spiro atoms. The van der Waals surface area contributed by atoms with Crippen molar-refractivity contribution in [1.29, 1.82) is 0 Å². The molecule has 0 radical (unpaired) electrons. The van der Waals surface area contributed by atoms with E-state index in [2.05, 4.69) is 15.5 Å². The van der Waals surface area contributed by atoms with E-state index in [-0.39, 0.29) is 24.3 Å². The van der Waals surface area contributed by atoms with Crippen LogP contribution < -0.4 is 5.32 Å². The molecular weight excluding hydrogens is 308 g/mol. The summed E-state index contributed by atoms with van der Waals surface area (Å²) < 4.78 is 5.17. The van der Waals surface area contributed by atoms with Gasteiger partial charge in [0.15, 0.2) is 5.82 Å². The minimum absolute atomic E-state index is 0.00565. The van der Waals surface area contributed by atoms with Crippen LogP contribution in [0.3, 0.4) is 0 Å². The lowest BCUT2D eigenvalue weighted by Crippen LogP contribution is -2.41. The Bertz CT molecular complexity index is 829. The van der Waals surface area contributed by atoms with Gasteiger partial charge in [-0.15, -0.1) is 0 Å². The van der Waals surface area contributed by atoms with Crippen molar-refractivity contribution in [3.63, 3.8) is 0 Å². The van der Waals surface area contributed by atoms with E-state index in [0.29, 0.717) is 12.2 Å². The first kappa shape index (κ1) is 14.9. The van der Waals surface area contributed by atoms with Gasteiger partial charge in [-0.3, -0.25) is 9.69 Å². The number of benzene rings is 1. The molecule has 2 heterocycles. The molecule has 1 N–H and O–H groups in total. The van der Waals surface area contributed by atoms with E-state index in [4.69, 9.17) is 4.52 Å². The number of aromatic nitrogens is 2. The molecule has 2 aliphatic rings. The van der Waals surface area contributed by atoms with Crippen LogP contribution in [0.5, 0.6) is 0 Å². The average Bonchev–Trinajstić information content (AvgIpc) is 3.23. The summed E-state index contributed by atoms with van der Waals surface area (Å²) in [6, 6.07) is 7.33. The van der Waals surface area contributed by atoms with Gasteiger partial charge < -0.3 is 9.84 Å². The Morgan fingerprint density at radius 2 is 2.12 bits per heavy atom. The number of carbonyl (C=O) groups is 2. The molecular formula is C17H18N4O3. The van der Waals surface area contributed by atoms with Gasteiger partial charge in [0.25, 0.3) is 5.91 Å². The van der Waals surface area contributed by atoms with Crippen LogP contribution in [0.15, 0.2) is 28.8 Å². The van der Waals surface area contributed by atoms with E-state index in [1.165, 1.54) is 4.90 Å². The SMILES string of the molecule is CC(C)c1noc(CN2C(=O)N[C@@]3(CCc4ccccc43)C2=O)n1. The highest BCUT2D eigenvalue weighted by Crippen LogP contribution is 2.41. The topological polar surface area (TPSA) is 88.3 Å². The third-order valence-electron chi connectivity index (χ3n) is 4.72. The predicted molar refractivity (Wildman–Crippen MR) is 83.9 cm³/mol. The highest BCUT2D eigenvalue weighted by Gasteiger charge is 2.55. The Balaban J connectivity index is 1.63. The van der Waals surface area contributed by atoms with Crippen LogP contribution in [-0.2, 0) is 23.3 Å². The monoisotopic (exact) mass is 326 g/mol. The van der Waals surface area contributed by atoms with Crippen molar-refractivity contribution >= 4 is 11.9 Å². The molecule has 1 aliphatic carbocycles. The number of aryl methyl sites for hydroxylation is 1. The van der Waals surface area contributed by atoms with Crippen LogP contribution in [0.2, 0.25) is 0 Å². The number of fused-ring (bicyclic) bond motifs is 2. The van der Waals surface area contributed by atoms with Gasteiger partial charge in [0.05, 0.1) is 0 Å². The van der Waals surface area contributed by atoms with Crippen molar-refractivity contribution < 1.29 is 14.1 Å². The lowest BCUT2D eigenvalue weighted by molar-refractivity contribution is -0.132. The van der Waals surface area contributed by atoms with E-state index in [1.54, 1.807) is 0 Å². The number of nitrogens with one attached hydrogen (secondary N) is 1. The molecule has 24 heavy (non-hydrogen) atoms. The maximum Gasteiger partial charge on any atom is 0.325 e. The number of urea groups is 1. The normalized spacial score (nSPS) is 22.5. The molecule has 0 unspecified atom stereocenters. The van der Waals surface area contributed by atoms with Crippen molar-refractivity contribution in [3.8, 4) is 0 Å². The second kappa shape index (κ2) is 5.15. The second-order valence-electron chi connectivity index (χ2n) is 6.58. The predicted octanol–water partition coefficient (Wildman–Crippen LogP) is 2.09. The summed E-state index contributed by atoms with van der Waals surface area (Å²) in [7, 11) is 0. The minimum Gasteiger partial charge on any atom is -0.337 e. The lowest BCUT2D eigenvalue weighted by atomic mass is 9.92. The summed E-state index contributed by atoms with van der Waals surface area (Å²) in [6.07, 6.45) is 1.35. The molecule has 1 aromatic heterocycles. The largest absolute Gasteiger partial charge is 0.337 e. The molecule has 7 nitrogen and oxygen atoms in total. The Hall–Kier alpha value is -2.70. The van der Waals surface area contributed by atoms with E-state index in [0.717, 1.165) is 17.5 Å². The maximum atomic E-state index is 13.0. The van der Waals surface area contributed by atoms with E-state index in [9.17, 15) is 9.59 Å². The van der Waals surface area contributed by atoms with E-state index < -0.39 is 11.6 Å². The van der Waals surface area contributed by atoms with Crippen molar-refractivity contribution in [1.82, 2.24) is 20.4 Å². The van der Waals surface area contributed by atoms with Crippen molar-refractivity contribution in [2.45, 2.75) is 44.7 Å². The van der Waals surface area contributed by atoms with Crippen molar-refractivity contribution in [3.05, 3.63) is 47.1 Å². The van der Waals surface area contributed by atoms with Crippen molar-refractivity contribution in [2.24, 2.45) is 0 Å². The molecule has 1 aliphatic heterocycles. The van der Waals surface area contributed by atoms with Gasteiger partial charge in [-0.25, -0.2) is 4.79 Å². The Morgan fingerprint density at radius 3 is 2.88 bits per heavy atom. The summed E-state index contributed by atoms with van der Waals surface area (Å²) in [5.41, 5.74) is 1.04. The Morgan fingerprint density at radius 1 is 1.33 bits per heavy atom. The summed E-state index contributed by atoms with van der Waals surface area (Å²) in [5.74, 6) is 0.712. The lowest BCUT2D eigenvalue weighted by Gasteiger charge is -2.21. The summed E-state index contributed by atoms with van der Waals surface area (Å²) in [5, 5.41) is 6.76. The quantitative estimate of drug-likeness (QED) is 0.873. The molecule has 1 atom stereocenters. The van der Waals surface area contributed by atoms with Crippen LogP contribution in [0.1, 0.15) is 49.0 Å². The molecule has 7 heteroatoms. The molecule has 124 valence electrons. The number of hydrogen-bond acceptors (Lipinski definition) is 5. The first-order valence-corrected chi connectivity index (χ1v) is 8.06. The summed E-state index contributed by atoms with van der Waals surface area (Å²) >= 11 is 0. The van der Waals surface area contributed by atoms with Gasteiger partial charge in [-0.1, -0.05) is 43.3 Å². The third-order valence-corrected chi connectivity index (χ3v) is 4.72. The van der Waals surface area contributed by atoms with Crippen LogP contribution in [-0.4, -0.2) is 27.0 Å². The molecule has 3 amide bonds. The fraction of sp³-hybridized carbons (Fsp3) is 0.412. The highest BCUT2D eigenvalue weighted by molar-refractivity contribution is 6.07. The average molecular weight is 326 g/mol. The number of imide groups is 1. The van der Waals surface area contributed by atoms with Gasteiger partial charge in [0, 0.05) is 5.92 Å². The smallest absolute Gasteiger partial charge is 0.325 e. The number of carbonyl (C=O) groups excluding carboxylic acids is 2. The summed E-state index contributed by atoms with van der Waals surface area (Å²) in [4.78, 5) is 30.8. The minimum atomic E-state index is -0.950.